The molecule has 1 aromatic carbocycles. The summed E-state index contributed by atoms with van der Waals surface area (Å²) in [5.41, 5.74) is 6.11. The average Bonchev–Trinajstić information content (AvgIpc) is 3.22. The molecule has 0 unspecified atom stereocenters. The van der Waals surface area contributed by atoms with E-state index >= 15 is 0 Å². The Labute approximate surface area is 150 Å². The fourth-order valence-electron chi connectivity index (χ4n) is 4.35. The summed E-state index contributed by atoms with van der Waals surface area (Å²) in [5, 5.41) is 10.2. The number of benzene rings is 1. The number of thiazole rings is 1. The van der Waals surface area contributed by atoms with Crippen molar-refractivity contribution in [2.24, 2.45) is 5.92 Å². The van der Waals surface area contributed by atoms with Crippen molar-refractivity contribution < 1.29 is 4.63 Å². The highest BCUT2D eigenvalue weighted by atomic mass is 32.1. The topological polar surface area (TPSA) is 58.3 Å². The highest BCUT2D eigenvalue weighted by molar-refractivity contribution is 7.07. The number of aromatic nitrogens is 3. The lowest BCUT2D eigenvalue weighted by atomic mass is 9.94. The molecule has 3 aliphatic rings. The summed E-state index contributed by atoms with van der Waals surface area (Å²) in [6.07, 6.45) is 2.62. The molecule has 5 heterocycles. The van der Waals surface area contributed by atoms with Crippen LogP contribution in [0.3, 0.4) is 0 Å². The molecule has 0 spiro atoms. The van der Waals surface area contributed by atoms with Crippen molar-refractivity contribution in [2.45, 2.75) is 32.0 Å². The van der Waals surface area contributed by atoms with Crippen LogP contribution in [-0.4, -0.2) is 50.8 Å². The van der Waals surface area contributed by atoms with E-state index < -0.39 is 0 Å². The van der Waals surface area contributed by atoms with Crippen LogP contribution < -0.4 is 0 Å². The molecule has 3 aliphatic heterocycles. The summed E-state index contributed by atoms with van der Waals surface area (Å²) in [6.45, 7) is 5.38. The molecule has 25 heavy (non-hydrogen) atoms. The van der Waals surface area contributed by atoms with Crippen molar-refractivity contribution in [2.75, 3.05) is 19.6 Å². The van der Waals surface area contributed by atoms with Crippen molar-refractivity contribution in [3.8, 4) is 0 Å². The minimum absolute atomic E-state index is 0.604. The molecule has 3 aromatic rings. The number of rotatable bonds is 4. The fourth-order valence-corrected chi connectivity index (χ4v) is 4.90. The van der Waals surface area contributed by atoms with E-state index in [-0.39, 0.29) is 0 Å². The van der Waals surface area contributed by atoms with Gasteiger partial charge in [0.2, 0.25) is 0 Å². The van der Waals surface area contributed by atoms with Crippen LogP contribution in [0.2, 0.25) is 0 Å². The Bertz CT molecular complexity index is 848. The first-order valence-electron chi connectivity index (χ1n) is 8.89. The number of fused-ring (bicyclic) bond motifs is 5. The Balaban J connectivity index is 1.34. The molecule has 2 bridgehead atoms. The molecule has 0 amide bonds. The molecule has 130 valence electrons. The number of hydrogen-bond acceptors (Lipinski definition) is 7. The summed E-state index contributed by atoms with van der Waals surface area (Å²) >= 11 is 1.68. The third-order valence-corrected chi connectivity index (χ3v) is 6.15. The lowest BCUT2D eigenvalue weighted by molar-refractivity contribution is 0.123. The minimum Gasteiger partial charge on any atom is -0.296 e. The molecule has 6 nitrogen and oxygen atoms in total. The van der Waals surface area contributed by atoms with Crippen LogP contribution in [-0.2, 0) is 13.1 Å². The van der Waals surface area contributed by atoms with E-state index in [1.165, 1.54) is 37.2 Å². The third kappa shape index (κ3) is 3.07. The molecule has 3 saturated heterocycles. The molecule has 6 rings (SSSR count). The second-order valence-electron chi connectivity index (χ2n) is 7.25. The predicted molar refractivity (Wildman–Crippen MR) is 96.1 cm³/mol. The average molecular weight is 355 g/mol. The fraction of sp³-hybridized carbons (Fsp3) is 0.500. The highest BCUT2D eigenvalue weighted by Crippen LogP contribution is 2.30. The molecular formula is C18H21N5OS. The summed E-state index contributed by atoms with van der Waals surface area (Å²) < 4.78 is 4.92. The van der Waals surface area contributed by atoms with Gasteiger partial charge >= 0.3 is 0 Å². The molecule has 0 N–H and O–H groups in total. The first-order valence-corrected chi connectivity index (χ1v) is 9.83. The van der Waals surface area contributed by atoms with E-state index in [4.69, 9.17) is 4.63 Å². The smallest absolute Gasteiger partial charge is 0.139 e. The predicted octanol–water partition coefficient (Wildman–Crippen LogP) is 2.78. The van der Waals surface area contributed by atoms with Crippen LogP contribution in [0.1, 0.15) is 24.1 Å². The van der Waals surface area contributed by atoms with Gasteiger partial charge in [0.05, 0.1) is 11.2 Å². The van der Waals surface area contributed by atoms with Gasteiger partial charge in [-0.2, -0.15) is 0 Å². The van der Waals surface area contributed by atoms with Crippen molar-refractivity contribution in [3.63, 3.8) is 0 Å². The van der Waals surface area contributed by atoms with E-state index in [9.17, 15) is 0 Å². The molecule has 2 atom stereocenters. The molecule has 0 radical (unpaired) electrons. The van der Waals surface area contributed by atoms with Gasteiger partial charge in [0, 0.05) is 44.1 Å². The summed E-state index contributed by atoms with van der Waals surface area (Å²) in [7, 11) is 0. The van der Waals surface area contributed by atoms with Crippen LogP contribution in [0.25, 0.3) is 11.0 Å². The van der Waals surface area contributed by atoms with E-state index in [1.54, 1.807) is 11.3 Å². The maximum atomic E-state index is 4.92. The normalized spacial score (nSPS) is 24.8. The Hall–Kier alpha value is -1.83. The minimum atomic E-state index is 0.604. The first-order chi connectivity index (χ1) is 12.3. The van der Waals surface area contributed by atoms with E-state index in [0.717, 1.165) is 36.6 Å². The van der Waals surface area contributed by atoms with Gasteiger partial charge in [-0.15, -0.1) is 11.3 Å². The van der Waals surface area contributed by atoms with Gasteiger partial charge in [0.15, 0.2) is 0 Å². The molecule has 7 heteroatoms. The van der Waals surface area contributed by atoms with Gasteiger partial charge in [0.1, 0.15) is 11.0 Å². The summed E-state index contributed by atoms with van der Waals surface area (Å²) in [6, 6.07) is 6.76. The Morgan fingerprint density at radius 1 is 1.12 bits per heavy atom. The van der Waals surface area contributed by atoms with Gasteiger partial charge in [-0.05, 0) is 40.7 Å². The van der Waals surface area contributed by atoms with Crippen molar-refractivity contribution in [1.82, 2.24) is 25.1 Å². The maximum absolute atomic E-state index is 4.92. The van der Waals surface area contributed by atoms with E-state index in [2.05, 4.69) is 36.5 Å². The lowest BCUT2D eigenvalue weighted by Gasteiger charge is -2.36. The quantitative estimate of drug-likeness (QED) is 0.717. The molecule has 2 aromatic heterocycles. The number of nitrogens with zero attached hydrogens (tertiary/aromatic N) is 5. The zero-order valence-corrected chi connectivity index (χ0v) is 14.9. The number of piperidine rings is 1. The summed E-state index contributed by atoms with van der Waals surface area (Å²) in [4.78, 5) is 9.69. The summed E-state index contributed by atoms with van der Waals surface area (Å²) in [5.74, 6) is 0.743. The molecule has 0 aliphatic carbocycles. The zero-order valence-electron chi connectivity index (χ0n) is 14.0. The number of hydrogen-bond donors (Lipinski definition) is 0. The van der Waals surface area contributed by atoms with Gasteiger partial charge < -0.3 is 0 Å². The van der Waals surface area contributed by atoms with Crippen LogP contribution in [0.15, 0.2) is 33.7 Å². The van der Waals surface area contributed by atoms with E-state index in [1.807, 2.05) is 17.6 Å². The Morgan fingerprint density at radius 2 is 2.12 bits per heavy atom. The molecule has 0 saturated carbocycles. The zero-order chi connectivity index (χ0) is 16.6. The highest BCUT2D eigenvalue weighted by Gasteiger charge is 2.35. The van der Waals surface area contributed by atoms with Crippen molar-refractivity contribution >= 4 is 22.4 Å². The SMILES string of the molecule is c1cc(CN2C[C@H]3CC[C@@H]2CN(Cc2cscn2)C3)c2nonc2c1. The van der Waals surface area contributed by atoms with Crippen LogP contribution in [0.5, 0.6) is 0 Å². The maximum Gasteiger partial charge on any atom is 0.139 e. The van der Waals surface area contributed by atoms with Gasteiger partial charge in [0.25, 0.3) is 0 Å². The molecular weight excluding hydrogens is 334 g/mol. The standard InChI is InChI=1S/C18H21N5OS/c1-2-14(18-17(3-1)20-24-21-18)8-23-7-13-4-5-16(23)10-22(6-13)9-15-11-25-12-19-15/h1-3,11-13,16H,4-10H2/t13-,16+/m0/s1. The van der Waals surface area contributed by atoms with Gasteiger partial charge in [-0.3, -0.25) is 9.80 Å². The van der Waals surface area contributed by atoms with Crippen molar-refractivity contribution in [3.05, 3.63) is 40.3 Å². The van der Waals surface area contributed by atoms with Crippen LogP contribution >= 0.6 is 11.3 Å². The third-order valence-electron chi connectivity index (χ3n) is 5.51. The van der Waals surface area contributed by atoms with Crippen molar-refractivity contribution in [1.29, 1.82) is 0 Å². The van der Waals surface area contributed by atoms with Gasteiger partial charge in [-0.1, -0.05) is 12.1 Å². The first kappa shape index (κ1) is 15.4. The van der Waals surface area contributed by atoms with Crippen LogP contribution in [0, 0.1) is 5.92 Å². The lowest BCUT2D eigenvalue weighted by Crippen LogP contribution is -2.43. The Morgan fingerprint density at radius 3 is 3.04 bits per heavy atom. The second-order valence-corrected chi connectivity index (χ2v) is 7.97. The van der Waals surface area contributed by atoms with Gasteiger partial charge in [-0.25, -0.2) is 9.61 Å². The second kappa shape index (κ2) is 6.48. The van der Waals surface area contributed by atoms with E-state index in [0.29, 0.717) is 6.04 Å². The monoisotopic (exact) mass is 355 g/mol. The molecule has 3 fully saturated rings. The largest absolute Gasteiger partial charge is 0.296 e. The van der Waals surface area contributed by atoms with Crippen LogP contribution in [0.4, 0.5) is 0 Å². The Kier molecular flexibility index (Phi) is 4.00.